The van der Waals surface area contributed by atoms with Crippen molar-refractivity contribution in [3.63, 3.8) is 0 Å². The van der Waals surface area contributed by atoms with Gasteiger partial charge in [0.25, 0.3) is 0 Å². The second-order valence-corrected chi connectivity index (χ2v) is 6.53. The minimum atomic E-state index is -4.47. The molecule has 2 aromatic carbocycles. The summed E-state index contributed by atoms with van der Waals surface area (Å²) in [6, 6.07) is 13.4. The Morgan fingerprint density at radius 3 is 2.64 bits per heavy atom. The zero-order valence-electron chi connectivity index (χ0n) is 14.9. The summed E-state index contributed by atoms with van der Waals surface area (Å²) in [7, 11) is 0. The summed E-state index contributed by atoms with van der Waals surface area (Å²) in [5, 5.41) is 5.38. The van der Waals surface area contributed by atoms with Crippen LogP contribution in [0.3, 0.4) is 0 Å². The number of nitrogens with one attached hydrogen (secondary N) is 2. The van der Waals surface area contributed by atoms with Crippen molar-refractivity contribution >= 4 is 23.2 Å². The van der Waals surface area contributed by atoms with Crippen molar-refractivity contribution in [3.8, 4) is 5.75 Å². The van der Waals surface area contributed by atoms with Gasteiger partial charge in [0, 0.05) is 18.0 Å². The average Bonchev–Trinajstić information content (AvgIpc) is 2.65. The predicted molar refractivity (Wildman–Crippen MR) is 98.1 cm³/mol. The number of benzene rings is 2. The fourth-order valence-electron chi connectivity index (χ4n) is 3.02. The predicted octanol–water partition coefficient (Wildman–Crippen LogP) is 4.16. The highest BCUT2D eigenvalue weighted by molar-refractivity contribution is 5.97. The summed E-state index contributed by atoms with van der Waals surface area (Å²) in [4.78, 5) is 24.4. The zero-order chi connectivity index (χ0) is 20.1. The van der Waals surface area contributed by atoms with Gasteiger partial charge in [-0.15, -0.1) is 0 Å². The maximum absolute atomic E-state index is 12.4. The number of hydrogen-bond acceptors (Lipinski definition) is 3. The van der Waals surface area contributed by atoms with E-state index in [9.17, 15) is 22.8 Å². The fourth-order valence-corrected chi connectivity index (χ4v) is 3.02. The fraction of sp³-hybridized carbons (Fsp3) is 0.300. The van der Waals surface area contributed by atoms with Crippen LogP contribution in [0.1, 0.15) is 18.4 Å². The van der Waals surface area contributed by atoms with Crippen LogP contribution in [-0.2, 0) is 16.0 Å². The van der Waals surface area contributed by atoms with E-state index in [0.717, 1.165) is 11.3 Å². The lowest BCUT2D eigenvalue weighted by Crippen LogP contribution is -2.30. The molecule has 148 valence electrons. The highest BCUT2D eigenvalue weighted by atomic mass is 19.4. The summed E-state index contributed by atoms with van der Waals surface area (Å²) in [6.45, 7) is -1.44. The molecule has 2 N–H and O–H groups in total. The molecule has 8 heteroatoms. The van der Waals surface area contributed by atoms with Gasteiger partial charge in [-0.3, -0.25) is 9.59 Å². The Bertz CT molecular complexity index is 868. The number of halogens is 3. The molecule has 1 unspecified atom stereocenters. The SMILES string of the molecule is O=C(CCC1Cc2ccccc2NC1=O)Nc1ccccc1OCC(F)(F)F. The van der Waals surface area contributed by atoms with Gasteiger partial charge in [-0.25, -0.2) is 0 Å². The van der Waals surface area contributed by atoms with E-state index in [1.807, 2.05) is 24.3 Å². The first-order valence-electron chi connectivity index (χ1n) is 8.79. The Morgan fingerprint density at radius 1 is 1.14 bits per heavy atom. The summed E-state index contributed by atoms with van der Waals surface area (Å²) in [6.07, 6.45) is -3.53. The molecule has 0 bridgehead atoms. The molecule has 0 spiro atoms. The standard InChI is InChI=1S/C20H19F3N2O3/c21-20(22,23)12-28-17-8-4-3-7-16(17)24-18(26)10-9-14-11-13-5-1-2-6-15(13)25-19(14)27/h1-8,14H,9-12H2,(H,24,26)(H,25,27). The van der Waals surface area contributed by atoms with Crippen molar-refractivity contribution in [1.29, 1.82) is 0 Å². The summed E-state index contributed by atoms with van der Waals surface area (Å²) >= 11 is 0. The Hall–Kier alpha value is -3.03. The number of rotatable bonds is 6. The molecule has 1 aliphatic rings. The molecule has 0 aromatic heterocycles. The van der Waals surface area contributed by atoms with Gasteiger partial charge in [-0.1, -0.05) is 30.3 Å². The molecule has 0 aliphatic carbocycles. The van der Waals surface area contributed by atoms with Gasteiger partial charge in [0.2, 0.25) is 11.8 Å². The number of fused-ring (bicyclic) bond motifs is 1. The lowest BCUT2D eigenvalue weighted by molar-refractivity contribution is -0.153. The molecule has 5 nitrogen and oxygen atoms in total. The molecule has 1 heterocycles. The van der Waals surface area contributed by atoms with Gasteiger partial charge in [-0.05, 0) is 36.6 Å². The molecule has 28 heavy (non-hydrogen) atoms. The number of carbonyl (C=O) groups is 2. The Balaban J connectivity index is 1.56. The minimum absolute atomic E-state index is 0.0579. The third kappa shape index (κ3) is 5.25. The second kappa shape index (κ2) is 8.33. The molecule has 1 aliphatic heterocycles. The topological polar surface area (TPSA) is 67.4 Å². The number of alkyl halides is 3. The van der Waals surface area contributed by atoms with Crippen LogP contribution in [0.25, 0.3) is 0 Å². The molecule has 0 saturated carbocycles. The molecule has 0 fully saturated rings. The van der Waals surface area contributed by atoms with Crippen LogP contribution in [0.2, 0.25) is 0 Å². The van der Waals surface area contributed by atoms with Crippen molar-refractivity contribution in [1.82, 2.24) is 0 Å². The number of ether oxygens (including phenoxy) is 1. The normalized spacial score (nSPS) is 16.1. The van der Waals surface area contributed by atoms with Crippen LogP contribution >= 0.6 is 0 Å². The third-order valence-electron chi connectivity index (χ3n) is 4.38. The Labute approximate surface area is 159 Å². The lowest BCUT2D eigenvalue weighted by atomic mass is 9.89. The van der Waals surface area contributed by atoms with E-state index in [4.69, 9.17) is 4.74 Å². The van der Waals surface area contributed by atoms with Crippen LogP contribution in [-0.4, -0.2) is 24.6 Å². The van der Waals surface area contributed by atoms with Gasteiger partial charge in [-0.2, -0.15) is 13.2 Å². The first-order chi connectivity index (χ1) is 13.3. The third-order valence-corrected chi connectivity index (χ3v) is 4.38. The first-order valence-corrected chi connectivity index (χ1v) is 8.79. The monoisotopic (exact) mass is 392 g/mol. The van der Waals surface area contributed by atoms with Crippen LogP contribution in [0, 0.1) is 5.92 Å². The number of anilines is 2. The van der Waals surface area contributed by atoms with E-state index >= 15 is 0 Å². The van der Waals surface area contributed by atoms with E-state index < -0.39 is 18.7 Å². The highest BCUT2D eigenvalue weighted by Crippen LogP contribution is 2.29. The summed E-state index contributed by atoms with van der Waals surface area (Å²) in [5.74, 6) is -0.926. The average molecular weight is 392 g/mol. The molecular weight excluding hydrogens is 373 g/mol. The molecular formula is C20H19F3N2O3. The summed E-state index contributed by atoms with van der Waals surface area (Å²) < 4.78 is 41.8. The zero-order valence-corrected chi connectivity index (χ0v) is 14.9. The number of para-hydroxylation sites is 3. The molecule has 3 rings (SSSR count). The van der Waals surface area contributed by atoms with Crippen LogP contribution in [0.5, 0.6) is 5.75 Å². The Morgan fingerprint density at radius 2 is 1.86 bits per heavy atom. The maximum Gasteiger partial charge on any atom is 0.422 e. The number of carbonyl (C=O) groups excluding carboxylic acids is 2. The smallest absolute Gasteiger partial charge is 0.422 e. The molecule has 0 saturated heterocycles. The van der Waals surface area contributed by atoms with Gasteiger partial charge in [0.15, 0.2) is 6.61 Å². The lowest BCUT2D eigenvalue weighted by Gasteiger charge is -2.24. The van der Waals surface area contributed by atoms with Gasteiger partial charge in [0.05, 0.1) is 5.69 Å². The van der Waals surface area contributed by atoms with E-state index in [1.54, 1.807) is 6.07 Å². The van der Waals surface area contributed by atoms with Gasteiger partial charge >= 0.3 is 6.18 Å². The van der Waals surface area contributed by atoms with Gasteiger partial charge in [0.1, 0.15) is 5.75 Å². The first kappa shape index (κ1) is 19.7. The van der Waals surface area contributed by atoms with E-state index in [1.165, 1.54) is 18.2 Å². The van der Waals surface area contributed by atoms with Crippen LogP contribution in [0.15, 0.2) is 48.5 Å². The Kier molecular flexibility index (Phi) is 5.87. The van der Waals surface area contributed by atoms with Crippen molar-refractivity contribution in [2.75, 3.05) is 17.2 Å². The van der Waals surface area contributed by atoms with E-state index in [-0.39, 0.29) is 29.7 Å². The minimum Gasteiger partial charge on any atom is -0.482 e. The van der Waals surface area contributed by atoms with Crippen molar-refractivity contribution in [2.24, 2.45) is 5.92 Å². The van der Waals surface area contributed by atoms with E-state index in [0.29, 0.717) is 12.8 Å². The van der Waals surface area contributed by atoms with E-state index in [2.05, 4.69) is 10.6 Å². The van der Waals surface area contributed by atoms with Crippen molar-refractivity contribution in [3.05, 3.63) is 54.1 Å². The quantitative estimate of drug-likeness (QED) is 0.776. The second-order valence-electron chi connectivity index (χ2n) is 6.53. The number of amides is 2. The molecule has 2 amide bonds. The van der Waals surface area contributed by atoms with Crippen LogP contribution < -0.4 is 15.4 Å². The van der Waals surface area contributed by atoms with Crippen molar-refractivity contribution in [2.45, 2.75) is 25.4 Å². The molecule has 0 radical (unpaired) electrons. The highest BCUT2D eigenvalue weighted by Gasteiger charge is 2.29. The summed E-state index contributed by atoms with van der Waals surface area (Å²) in [5.41, 5.74) is 1.96. The van der Waals surface area contributed by atoms with Crippen molar-refractivity contribution < 1.29 is 27.5 Å². The molecule has 1 atom stereocenters. The van der Waals surface area contributed by atoms with Crippen LogP contribution in [0.4, 0.5) is 24.5 Å². The van der Waals surface area contributed by atoms with Gasteiger partial charge < -0.3 is 15.4 Å². The largest absolute Gasteiger partial charge is 0.482 e. The maximum atomic E-state index is 12.4. The number of hydrogen-bond donors (Lipinski definition) is 2. The molecule has 2 aromatic rings.